The van der Waals surface area contributed by atoms with E-state index in [-0.39, 0.29) is 13.0 Å². The lowest BCUT2D eigenvalue weighted by Gasteiger charge is -2.09. The van der Waals surface area contributed by atoms with Gasteiger partial charge in [0, 0.05) is 25.5 Å². The summed E-state index contributed by atoms with van der Waals surface area (Å²) >= 11 is 0. The van der Waals surface area contributed by atoms with Crippen molar-refractivity contribution in [2.75, 3.05) is 6.54 Å². The van der Waals surface area contributed by atoms with Crippen molar-refractivity contribution < 1.29 is 15.0 Å². The largest absolute Gasteiger partial charge is 0.481 e. The van der Waals surface area contributed by atoms with Crippen molar-refractivity contribution in [2.24, 2.45) is 0 Å². The van der Waals surface area contributed by atoms with Gasteiger partial charge in [-0.3, -0.25) is 9.78 Å². The molecule has 0 aliphatic heterocycles. The smallest absolute Gasteiger partial charge is 0.306 e. The SMILES string of the molecule is O=C(O)CC(O)CNCc1ccncc1. The Kier molecular flexibility index (Phi) is 4.73. The Balaban J connectivity index is 2.19. The Morgan fingerprint density at radius 1 is 1.47 bits per heavy atom. The molecular formula is C10H14N2O3. The summed E-state index contributed by atoms with van der Waals surface area (Å²) in [6, 6.07) is 3.72. The average Bonchev–Trinajstić information content (AvgIpc) is 2.18. The first kappa shape index (κ1) is 11.6. The first-order valence-electron chi connectivity index (χ1n) is 4.68. The second-order valence-corrected chi connectivity index (χ2v) is 3.24. The number of carboxylic acid groups (broad SMARTS) is 1. The Labute approximate surface area is 87.8 Å². The number of aliphatic hydroxyl groups is 1. The first-order valence-corrected chi connectivity index (χ1v) is 4.68. The third-order valence-electron chi connectivity index (χ3n) is 1.87. The monoisotopic (exact) mass is 210 g/mol. The average molecular weight is 210 g/mol. The third-order valence-corrected chi connectivity index (χ3v) is 1.87. The molecule has 0 fully saturated rings. The highest BCUT2D eigenvalue weighted by Crippen LogP contribution is 1.95. The van der Waals surface area contributed by atoms with Gasteiger partial charge in [-0.15, -0.1) is 0 Å². The maximum absolute atomic E-state index is 10.2. The maximum atomic E-state index is 10.2. The molecule has 0 aliphatic carbocycles. The predicted octanol–water partition coefficient (Wildman–Crippen LogP) is 0.00680. The van der Waals surface area contributed by atoms with E-state index in [4.69, 9.17) is 5.11 Å². The van der Waals surface area contributed by atoms with E-state index in [9.17, 15) is 9.90 Å². The van der Waals surface area contributed by atoms with Crippen LogP contribution in [-0.4, -0.2) is 33.8 Å². The lowest BCUT2D eigenvalue weighted by molar-refractivity contribution is -0.139. The fourth-order valence-corrected chi connectivity index (χ4v) is 1.16. The molecule has 0 radical (unpaired) electrons. The van der Waals surface area contributed by atoms with Crippen LogP contribution in [0.4, 0.5) is 0 Å². The van der Waals surface area contributed by atoms with Crippen LogP contribution in [0.5, 0.6) is 0 Å². The molecule has 1 atom stereocenters. The van der Waals surface area contributed by atoms with Crippen molar-refractivity contribution in [1.82, 2.24) is 10.3 Å². The van der Waals surface area contributed by atoms with Crippen LogP contribution in [0.3, 0.4) is 0 Å². The fraction of sp³-hybridized carbons (Fsp3) is 0.400. The van der Waals surface area contributed by atoms with Crippen LogP contribution in [0.25, 0.3) is 0 Å². The lowest BCUT2D eigenvalue weighted by atomic mass is 10.2. The molecule has 0 amide bonds. The second kappa shape index (κ2) is 6.10. The number of hydrogen-bond donors (Lipinski definition) is 3. The molecule has 1 unspecified atom stereocenters. The molecule has 0 saturated carbocycles. The summed E-state index contributed by atoms with van der Waals surface area (Å²) in [7, 11) is 0. The molecule has 0 bridgehead atoms. The molecule has 0 saturated heterocycles. The maximum Gasteiger partial charge on any atom is 0.306 e. The zero-order chi connectivity index (χ0) is 11.1. The van der Waals surface area contributed by atoms with Crippen LogP contribution in [-0.2, 0) is 11.3 Å². The number of pyridine rings is 1. The minimum atomic E-state index is -0.992. The van der Waals surface area contributed by atoms with E-state index in [2.05, 4.69) is 10.3 Å². The molecule has 5 heteroatoms. The van der Waals surface area contributed by atoms with Gasteiger partial charge in [0.15, 0.2) is 0 Å². The van der Waals surface area contributed by atoms with Gasteiger partial charge in [0.2, 0.25) is 0 Å². The molecule has 0 spiro atoms. The van der Waals surface area contributed by atoms with Gasteiger partial charge < -0.3 is 15.5 Å². The van der Waals surface area contributed by atoms with Gasteiger partial charge in [0.1, 0.15) is 0 Å². The molecule has 5 nitrogen and oxygen atoms in total. The topological polar surface area (TPSA) is 82.5 Å². The Bertz CT molecular complexity index is 303. The van der Waals surface area contributed by atoms with E-state index < -0.39 is 12.1 Å². The lowest BCUT2D eigenvalue weighted by Crippen LogP contribution is -2.28. The van der Waals surface area contributed by atoms with E-state index in [1.807, 2.05) is 12.1 Å². The number of nitrogens with zero attached hydrogens (tertiary/aromatic N) is 1. The standard InChI is InChI=1S/C10H14N2O3/c13-9(5-10(14)15)7-12-6-8-1-3-11-4-2-8/h1-4,9,12-13H,5-7H2,(H,14,15). The highest BCUT2D eigenvalue weighted by Gasteiger charge is 2.08. The van der Waals surface area contributed by atoms with Crippen LogP contribution in [0.1, 0.15) is 12.0 Å². The van der Waals surface area contributed by atoms with Gasteiger partial charge in [0.25, 0.3) is 0 Å². The molecular weight excluding hydrogens is 196 g/mol. The van der Waals surface area contributed by atoms with Crippen molar-refractivity contribution in [3.63, 3.8) is 0 Å². The van der Waals surface area contributed by atoms with Gasteiger partial charge >= 0.3 is 5.97 Å². The zero-order valence-corrected chi connectivity index (χ0v) is 8.26. The summed E-state index contributed by atoms with van der Waals surface area (Å²) in [5.41, 5.74) is 1.05. The van der Waals surface area contributed by atoms with Crippen molar-refractivity contribution in [3.8, 4) is 0 Å². The Hall–Kier alpha value is -1.46. The summed E-state index contributed by atoms with van der Waals surface area (Å²) in [6.45, 7) is 0.869. The van der Waals surface area contributed by atoms with Crippen molar-refractivity contribution in [3.05, 3.63) is 30.1 Å². The second-order valence-electron chi connectivity index (χ2n) is 3.24. The third kappa shape index (κ3) is 5.09. The number of nitrogens with one attached hydrogen (secondary N) is 1. The number of aliphatic hydroxyl groups excluding tert-OH is 1. The molecule has 1 aromatic rings. The summed E-state index contributed by atoms with van der Waals surface area (Å²) in [4.78, 5) is 14.1. The van der Waals surface area contributed by atoms with Crippen LogP contribution in [0.2, 0.25) is 0 Å². The van der Waals surface area contributed by atoms with Crippen LogP contribution in [0.15, 0.2) is 24.5 Å². The van der Waals surface area contributed by atoms with Gasteiger partial charge in [-0.25, -0.2) is 0 Å². The molecule has 1 rings (SSSR count). The summed E-state index contributed by atoms with van der Waals surface area (Å²) in [6.07, 6.45) is 2.29. The highest BCUT2D eigenvalue weighted by molar-refractivity contribution is 5.67. The van der Waals surface area contributed by atoms with E-state index in [0.29, 0.717) is 6.54 Å². The molecule has 0 aromatic carbocycles. The number of aromatic nitrogens is 1. The fourth-order valence-electron chi connectivity index (χ4n) is 1.16. The van der Waals surface area contributed by atoms with Gasteiger partial charge in [-0.1, -0.05) is 0 Å². The van der Waals surface area contributed by atoms with Crippen molar-refractivity contribution >= 4 is 5.97 Å². The van der Waals surface area contributed by atoms with Gasteiger partial charge in [-0.05, 0) is 17.7 Å². The van der Waals surface area contributed by atoms with Gasteiger partial charge in [0.05, 0.1) is 12.5 Å². The number of carbonyl (C=O) groups is 1. The van der Waals surface area contributed by atoms with E-state index in [1.54, 1.807) is 12.4 Å². The highest BCUT2D eigenvalue weighted by atomic mass is 16.4. The summed E-state index contributed by atoms with van der Waals surface area (Å²) in [5, 5.41) is 20.6. The Morgan fingerprint density at radius 2 is 2.13 bits per heavy atom. The minimum absolute atomic E-state index is 0.233. The van der Waals surface area contributed by atoms with Crippen LogP contribution in [0, 0.1) is 0 Å². The van der Waals surface area contributed by atoms with Crippen molar-refractivity contribution in [2.45, 2.75) is 19.1 Å². The molecule has 1 heterocycles. The first-order chi connectivity index (χ1) is 7.18. The molecule has 82 valence electrons. The van der Waals surface area contributed by atoms with E-state index in [0.717, 1.165) is 5.56 Å². The predicted molar refractivity (Wildman–Crippen MR) is 54.2 cm³/mol. The number of carboxylic acids is 1. The quantitative estimate of drug-likeness (QED) is 0.616. The van der Waals surface area contributed by atoms with Crippen LogP contribution < -0.4 is 5.32 Å². The summed E-state index contributed by atoms with van der Waals surface area (Å²) in [5.74, 6) is -0.992. The number of hydrogen-bond acceptors (Lipinski definition) is 4. The molecule has 1 aromatic heterocycles. The number of aliphatic carboxylic acids is 1. The van der Waals surface area contributed by atoms with Crippen molar-refractivity contribution in [1.29, 1.82) is 0 Å². The summed E-state index contributed by atoms with van der Waals surface area (Å²) < 4.78 is 0. The van der Waals surface area contributed by atoms with Gasteiger partial charge in [-0.2, -0.15) is 0 Å². The molecule has 15 heavy (non-hydrogen) atoms. The Morgan fingerprint density at radius 3 is 2.73 bits per heavy atom. The normalized spacial score (nSPS) is 12.3. The minimum Gasteiger partial charge on any atom is -0.481 e. The zero-order valence-electron chi connectivity index (χ0n) is 8.26. The van der Waals surface area contributed by atoms with Crippen LogP contribution >= 0.6 is 0 Å². The molecule has 0 aliphatic rings. The van der Waals surface area contributed by atoms with E-state index in [1.165, 1.54) is 0 Å². The number of rotatable bonds is 6. The van der Waals surface area contributed by atoms with E-state index >= 15 is 0 Å². The molecule has 3 N–H and O–H groups in total.